The molecule has 1 N–H and O–H groups in total. The molecular formula is C31H43Cl2NO3Si. The van der Waals surface area contributed by atoms with Crippen LogP contribution in [0, 0.1) is 5.41 Å². The van der Waals surface area contributed by atoms with E-state index in [1.165, 1.54) is 5.56 Å². The average molecular weight is 577 g/mol. The van der Waals surface area contributed by atoms with Crippen molar-refractivity contribution in [3.05, 3.63) is 69.7 Å². The highest BCUT2D eigenvalue weighted by molar-refractivity contribution is 6.74. The van der Waals surface area contributed by atoms with Crippen molar-refractivity contribution in [1.29, 1.82) is 0 Å². The number of nitrogens with zero attached hydrogens (tertiary/aromatic N) is 1. The van der Waals surface area contributed by atoms with Crippen LogP contribution in [0.2, 0.25) is 28.2 Å². The lowest BCUT2D eigenvalue weighted by molar-refractivity contribution is -0.141. The van der Waals surface area contributed by atoms with Gasteiger partial charge in [-0.2, -0.15) is 0 Å². The third-order valence-electron chi connectivity index (χ3n) is 9.18. The molecule has 0 radical (unpaired) electrons. The molecule has 1 unspecified atom stereocenters. The molecule has 7 heteroatoms. The fraction of sp³-hybridized carbons (Fsp3) is 0.581. The number of piperidine rings is 1. The minimum atomic E-state index is -1.88. The fourth-order valence-corrected chi connectivity index (χ4v) is 8.09. The van der Waals surface area contributed by atoms with Crippen molar-refractivity contribution in [2.45, 2.75) is 102 Å². The molecule has 2 fully saturated rings. The summed E-state index contributed by atoms with van der Waals surface area (Å²) in [6.07, 6.45) is 4.23. The summed E-state index contributed by atoms with van der Waals surface area (Å²) < 4.78 is 6.87. The normalized spacial score (nSPS) is 28.9. The van der Waals surface area contributed by atoms with E-state index < -0.39 is 14.3 Å². The summed E-state index contributed by atoms with van der Waals surface area (Å²) in [5.41, 5.74) is 2.01. The van der Waals surface area contributed by atoms with Crippen LogP contribution in [0.25, 0.3) is 0 Å². The number of carbonyl (C=O) groups is 1. The summed E-state index contributed by atoms with van der Waals surface area (Å²) in [5.74, 6) is -0.638. The largest absolute Gasteiger partial charge is 0.481 e. The number of likely N-dealkylation sites (tertiary alicyclic amines) is 1. The summed E-state index contributed by atoms with van der Waals surface area (Å²) in [7, 11) is -1.88. The number of carboxylic acids is 1. The highest BCUT2D eigenvalue weighted by Gasteiger charge is 2.49. The highest BCUT2D eigenvalue weighted by Crippen LogP contribution is 2.53. The van der Waals surface area contributed by atoms with E-state index in [0.717, 1.165) is 42.8 Å². The van der Waals surface area contributed by atoms with Crippen molar-refractivity contribution >= 4 is 37.5 Å². The molecule has 0 amide bonds. The van der Waals surface area contributed by atoms with Gasteiger partial charge in [-0.25, -0.2) is 0 Å². The molecule has 1 heterocycles. The maximum Gasteiger partial charge on any atom is 0.303 e. The maximum atomic E-state index is 12.0. The summed E-state index contributed by atoms with van der Waals surface area (Å²) in [6.45, 7) is 14.4. The first-order valence-electron chi connectivity index (χ1n) is 13.8. The Kier molecular flexibility index (Phi) is 8.76. The van der Waals surface area contributed by atoms with Crippen LogP contribution < -0.4 is 0 Å². The Morgan fingerprint density at radius 2 is 1.76 bits per heavy atom. The molecule has 4 rings (SSSR count). The van der Waals surface area contributed by atoms with Crippen molar-refractivity contribution in [1.82, 2.24) is 4.90 Å². The third kappa shape index (κ3) is 6.67. The minimum absolute atomic E-state index is 0.101. The number of carboxylic acid groups (broad SMARTS) is 1. The molecule has 2 aliphatic rings. The van der Waals surface area contributed by atoms with Crippen LogP contribution in [0.15, 0.2) is 48.5 Å². The molecule has 0 aromatic heterocycles. The Bertz CT molecular complexity index is 1130. The van der Waals surface area contributed by atoms with Gasteiger partial charge in [-0.15, -0.1) is 0 Å². The van der Waals surface area contributed by atoms with Crippen LogP contribution in [0.3, 0.4) is 0 Å². The van der Waals surface area contributed by atoms with Gasteiger partial charge in [0, 0.05) is 40.7 Å². The summed E-state index contributed by atoms with van der Waals surface area (Å²) in [5, 5.41) is 11.5. The lowest BCUT2D eigenvalue weighted by Gasteiger charge is -2.52. The van der Waals surface area contributed by atoms with Gasteiger partial charge in [0.15, 0.2) is 8.32 Å². The van der Waals surface area contributed by atoms with Crippen LogP contribution in [-0.2, 0) is 9.22 Å². The molecule has 4 nitrogen and oxygen atoms in total. The van der Waals surface area contributed by atoms with Gasteiger partial charge in [-0.3, -0.25) is 9.69 Å². The second-order valence-electron chi connectivity index (χ2n) is 13.4. The Balaban J connectivity index is 1.73. The first kappa shape index (κ1) is 29.6. The number of benzene rings is 2. The van der Waals surface area contributed by atoms with Crippen LogP contribution in [-0.4, -0.2) is 43.0 Å². The molecule has 0 spiro atoms. The summed E-state index contributed by atoms with van der Waals surface area (Å²) in [6, 6.07) is 16.7. The molecule has 1 saturated heterocycles. The maximum absolute atomic E-state index is 12.0. The Morgan fingerprint density at radius 3 is 2.37 bits per heavy atom. The molecule has 38 heavy (non-hydrogen) atoms. The van der Waals surface area contributed by atoms with Crippen LogP contribution in [0.1, 0.15) is 82.9 Å². The van der Waals surface area contributed by atoms with Gasteiger partial charge in [-0.1, -0.05) is 75.2 Å². The van der Waals surface area contributed by atoms with E-state index >= 15 is 0 Å². The number of aliphatic carboxylic acids is 1. The molecule has 0 bridgehead atoms. The van der Waals surface area contributed by atoms with Gasteiger partial charge in [-0.05, 0) is 84.6 Å². The van der Waals surface area contributed by atoms with E-state index in [-0.39, 0.29) is 34.9 Å². The molecule has 208 valence electrons. The zero-order valence-corrected chi connectivity index (χ0v) is 26.1. The van der Waals surface area contributed by atoms with Gasteiger partial charge < -0.3 is 9.53 Å². The van der Waals surface area contributed by atoms with E-state index in [9.17, 15) is 9.90 Å². The van der Waals surface area contributed by atoms with Crippen molar-refractivity contribution in [3.63, 3.8) is 0 Å². The van der Waals surface area contributed by atoms with Gasteiger partial charge in [0.2, 0.25) is 0 Å². The highest BCUT2D eigenvalue weighted by atomic mass is 35.5. The molecule has 2 aromatic rings. The first-order chi connectivity index (χ1) is 17.7. The molecule has 2 aromatic carbocycles. The molecule has 5 atom stereocenters. The van der Waals surface area contributed by atoms with Gasteiger partial charge in [0.25, 0.3) is 0 Å². The van der Waals surface area contributed by atoms with Crippen LogP contribution >= 0.6 is 23.2 Å². The number of rotatable bonds is 7. The zero-order valence-electron chi connectivity index (χ0n) is 23.6. The quantitative estimate of drug-likeness (QED) is 0.334. The second-order valence-corrected chi connectivity index (χ2v) is 19.0. The van der Waals surface area contributed by atoms with Crippen LogP contribution in [0.4, 0.5) is 0 Å². The smallest absolute Gasteiger partial charge is 0.303 e. The van der Waals surface area contributed by atoms with Crippen molar-refractivity contribution in [2.75, 3.05) is 6.54 Å². The van der Waals surface area contributed by atoms with E-state index in [1.54, 1.807) is 0 Å². The zero-order chi connectivity index (χ0) is 27.9. The van der Waals surface area contributed by atoms with E-state index in [0.29, 0.717) is 11.1 Å². The standard InChI is InChI=1S/C31H43Cl2NO3Si/c1-30(2,3)38(5,6)37-26-15-14-25(17-26)34-20-31(4,19-28(35)36)18-27(22-8-7-9-24(33)16-22)29(34)21-10-12-23(32)13-11-21/h7-13,16,25-27,29H,14-15,17-20H2,1-6H3,(H,35,36)/t25-,26+,27+,29+,31?/m0/s1. The van der Waals surface area contributed by atoms with Crippen molar-refractivity contribution in [3.8, 4) is 0 Å². The van der Waals surface area contributed by atoms with E-state index in [4.69, 9.17) is 27.6 Å². The number of hydrogen-bond donors (Lipinski definition) is 1. The Morgan fingerprint density at radius 1 is 1.08 bits per heavy atom. The van der Waals surface area contributed by atoms with Gasteiger partial charge >= 0.3 is 5.97 Å². The third-order valence-corrected chi connectivity index (χ3v) is 14.2. The van der Waals surface area contributed by atoms with E-state index in [1.807, 2.05) is 24.3 Å². The summed E-state index contributed by atoms with van der Waals surface area (Å²) in [4.78, 5) is 14.6. The minimum Gasteiger partial charge on any atom is -0.481 e. The molecule has 1 aliphatic carbocycles. The number of halogens is 2. The SMILES string of the molecule is CC1(CC(=O)O)C[C@H](c2cccc(Cl)c2)[C@@H](c2ccc(Cl)cc2)N([C@H]2CC[C@@H](O[Si](C)(C)C(C)(C)C)C2)C1. The monoisotopic (exact) mass is 575 g/mol. The molecular weight excluding hydrogens is 533 g/mol. The Labute approximate surface area is 239 Å². The first-order valence-corrected chi connectivity index (χ1v) is 17.5. The van der Waals surface area contributed by atoms with Crippen molar-refractivity contribution < 1.29 is 14.3 Å². The van der Waals surface area contributed by atoms with Gasteiger partial charge in [0.05, 0.1) is 6.42 Å². The van der Waals surface area contributed by atoms with Crippen molar-refractivity contribution in [2.24, 2.45) is 5.41 Å². The van der Waals surface area contributed by atoms with Gasteiger partial charge in [0.1, 0.15) is 0 Å². The second kappa shape index (κ2) is 11.2. The molecule has 1 saturated carbocycles. The summed E-state index contributed by atoms with van der Waals surface area (Å²) >= 11 is 12.8. The lowest BCUT2D eigenvalue weighted by Crippen LogP contribution is -2.51. The predicted octanol–water partition coefficient (Wildman–Crippen LogP) is 8.95. The molecule has 1 aliphatic heterocycles. The average Bonchev–Trinajstić information content (AvgIpc) is 3.25. The predicted molar refractivity (Wildman–Crippen MR) is 160 cm³/mol. The fourth-order valence-electron chi connectivity index (χ4n) is 6.37. The number of hydrogen-bond acceptors (Lipinski definition) is 3. The Hall–Kier alpha value is -1.37. The van der Waals surface area contributed by atoms with E-state index in [2.05, 4.69) is 70.0 Å². The van der Waals surface area contributed by atoms with Crippen LogP contribution in [0.5, 0.6) is 0 Å². The lowest BCUT2D eigenvalue weighted by atomic mass is 9.67. The topological polar surface area (TPSA) is 49.8 Å².